The standard InChI is InChI=1S/C16H15N3O4/c1-9-8-10(20)6-7-12(9)18-15(22)16(23)19-13-5-3-2-4-11(13)14(17)21/h2-8,20H,1H3,(H2,17,21)(H,18,22)(H,19,23). The van der Waals surface area contributed by atoms with Crippen molar-refractivity contribution in [3.05, 3.63) is 53.6 Å². The number of primary amides is 1. The largest absolute Gasteiger partial charge is 0.508 e. The average Bonchev–Trinajstić information content (AvgIpc) is 2.50. The van der Waals surface area contributed by atoms with E-state index < -0.39 is 17.7 Å². The van der Waals surface area contributed by atoms with Gasteiger partial charge in [0.2, 0.25) is 0 Å². The third-order valence-corrected chi connectivity index (χ3v) is 3.11. The Balaban J connectivity index is 2.12. The lowest BCUT2D eigenvalue weighted by atomic mass is 10.1. The van der Waals surface area contributed by atoms with Crippen molar-refractivity contribution < 1.29 is 19.5 Å². The topological polar surface area (TPSA) is 122 Å². The fraction of sp³-hybridized carbons (Fsp3) is 0.0625. The van der Waals surface area contributed by atoms with Gasteiger partial charge in [-0.1, -0.05) is 12.1 Å². The van der Waals surface area contributed by atoms with Crippen LogP contribution in [0, 0.1) is 6.92 Å². The van der Waals surface area contributed by atoms with E-state index >= 15 is 0 Å². The molecule has 0 aliphatic rings. The van der Waals surface area contributed by atoms with Gasteiger partial charge in [-0.2, -0.15) is 0 Å². The SMILES string of the molecule is Cc1cc(O)ccc1NC(=O)C(=O)Nc1ccccc1C(N)=O. The summed E-state index contributed by atoms with van der Waals surface area (Å²) >= 11 is 0. The minimum Gasteiger partial charge on any atom is -0.508 e. The second kappa shape index (κ2) is 6.61. The Bertz CT molecular complexity index is 787. The molecule has 0 unspecified atom stereocenters. The number of benzene rings is 2. The molecule has 0 saturated carbocycles. The van der Waals surface area contributed by atoms with Crippen LogP contribution >= 0.6 is 0 Å². The van der Waals surface area contributed by atoms with Crippen molar-refractivity contribution in [1.29, 1.82) is 0 Å². The number of aromatic hydroxyl groups is 1. The Morgan fingerprint density at radius 2 is 1.57 bits per heavy atom. The van der Waals surface area contributed by atoms with Gasteiger partial charge in [0.15, 0.2) is 0 Å². The Morgan fingerprint density at radius 1 is 0.957 bits per heavy atom. The highest BCUT2D eigenvalue weighted by Crippen LogP contribution is 2.20. The zero-order valence-electron chi connectivity index (χ0n) is 12.3. The molecule has 0 saturated heterocycles. The molecule has 0 radical (unpaired) electrons. The van der Waals surface area contributed by atoms with Crippen molar-refractivity contribution in [2.45, 2.75) is 6.92 Å². The van der Waals surface area contributed by atoms with Gasteiger partial charge in [0, 0.05) is 5.69 Å². The van der Waals surface area contributed by atoms with Crippen LogP contribution < -0.4 is 16.4 Å². The van der Waals surface area contributed by atoms with E-state index in [2.05, 4.69) is 10.6 Å². The molecular formula is C16H15N3O4. The smallest absolute Gasteiger partial charge is 0.314 e. The lowest BCUT2D eigenvalue weighted by molar-refractivity contribution is -0.133. The maximum Gasteiger partial charge on any atom is 0.314 e. The molecule has 0 spiro atoms. The number of phenolic OH excluding ortho intramolecular Hbond substituents is 1. The van der Waals surface area contributed by atoms with E-state index in [-0.39, 0.29) is 17.0 Å². The van der Waals surface area contributed by atoms with Crippen LogP contribution in [0.4, 0.5) is 11.4 Å². The monoisotopic (exact) mass is 313 g/mol. The normalized spacial score (nSPS) is 9.96. The number of rotatable bonds is 3. The number of amides is 3. The zero-order valence-corrected chi connectivity index (χ0v) is 12.3. The molecule has 118 valence electrons. The van der Waals surface area contributed by atoms with Gasteiger partial charge in [-0.25, -0.2) is 0 Å². The minimum absolute atomic E-state index is 0.0559. The quantitative estimate of drug-likeness (QED) is 0.505. The van der Waals surface area contributed by atoms with Crippen molar-refractivity contribution in [2.75, 3.05) is 10.6 Å². The van der Waals surface area contributed by atoms with Crippen molar-refractivity contribution in [1.82, 2.24) is 0 Å². The molecule has 2 aromatic carbocycles. The number of nitrogens with one attached hydrogen (secondary N) is 2. The zero-order chi connectivity index (χ0) is 17.0. The number of para-hydroxylation sites is 1. The summed E-state index contributed by atoms with van der Waals surface area (Å²) < 4.78 is 0. The summed E-state index contributed by atoms with van der Waals surface area (Å²) in [5.74, 6) is -2.50. The predicted molar refractivity (Wildman–Crippen MR) is 85.1 cm³/mol. The molecule has 7 nitrogen and oxygen atoms in total. The first kappa shape index (κ1) is 16.0. The predicted octanol–water partition coefficient (Wildman–Crippen LogP) is 1.38. The second-order valence-electron chi connectivity index (χ2n) is 4.82. The second-order valence-corrected chi connectivity index (χ2v) is 4.82. The maximum absolute atomic E-state index is 11.9. The summed E-state index contributed by atoms with van der Waals surface area (Å²) in [5, 5.41) is 14.1. The van der Waals surface area contributed by atoms with Crippen LogP contribution in [0.15, 0.2) is 42.5 Å². The van der Waals surface area contributed by atoms with Crippen LogP contribution in [-0.2, 0) is 9.59 Å². The lowest BCUT2D eigenvalue weighted by Crippen LogP contribution is -2.30. The van der Waals surface area contributed by atoms with Crippen LogP contribution in [-0.4, -0.2) is 22.8 Å². The minimum atomic E-state index is -0.939. The van der Waals surface area contributed by atoms with Gasteiger partial charge < -0.3 is 21.5 Å². The Hall–Kier alpha value is -3.35. The summed E-state index contributed by atoms with van der Waals surface area (Å²) in [4.78, 5) is 35.2. The van der Waals surface area contributed by atoms with E-state index in [1.54, 1.807) is 19.1 Å². The molecule has 2 rings (SSSR count). The van der Waals surface area contributed by atoms with Gasteiger partial charge in [0.1, 0.15) is 5.75 Å². The van der Waals surface area contributed by atoms with Gasteiger partial charge in [-0.15, -0.1) is 0 Å². The Kier molecular flexibility index (Phi) is 4.61. The number of carbonyl (C=O) groups excluding carboxylic acids is 3. The number of hydrogen-bond donors (Lipinski definition) is 4. The first-order valence-electron chi connectivity index (χ1n) is 6.69. The van der Waals surface area contributed by atoms with Crippen molar-refractivity contribution in [3.8, 4) is 5.75 Å². The number of phenols is 1. The number of nitrogens with two attached hydrogens (primary N) is 1. The van der Waals surface area contributed by atoms with Crippen LogP contribution in [0.2, 0.25) is 0 Å². The molecule has 0 aromatic heterocycles. The molecule has 3 amide bonds. The highest BCUT2D eigenvalue weighted by Gasteiger charge is 2.17. The molecule has 7 heteroatoms. The van der Waals surface area contributed by atoms with Crippen LogP contribution in [0.5, 0.6) is 5.75 Å². The maximum atomic E-state index is 11.9. The van der Waals surface area contributed by atoms with E-state index in [1.165, 1.54) is 30.3 Å². The fourth-order valence-electron chi connectivity index (χ4n) is 1.95. The molecule has 2 aromatic rings. The number of aryl methyl sites for hydroxylation is 1. The molecule has 0 fully saturated rings. The van der Waals surface area contributed by atoms with Crippen molar-refractivity contribution >= 4 is 29.1 Å². The summed E-state index contributed by atoms with van der Waals surface area (Å²) in [7, 11) is 0. The van der Waals surface area contributed by atoms with Gasteiger partial charge in [0.05, 0.1) is 11.3 Å². The first-order valence-corrected chi connectivity index (χ1v) is 6.69. The Labute approximate surface area is 132 Å². The first-order chi connectivity index (χ1) is 10.9. The van der Waals surface area contributed by atoms with Gasteiger partial charge in [-0.05, 0) is 42.8 Å². The van der Waals surface area contributed by atoms with Gasteiger partial charge in [0.25, 0.3) is 5.91 Å². The van der Waals surface area contributed by atoms with Crippen molar-refractivity contribution in [3.63, 3.8) is 0 Å². The number of carbonyl (C=O) groups is 3. The molecule has 0 bridgehead atoms. The van der Waals surface area contributed by atoms with E-state index in [0.717, 1.165) is 0 Å². The van der Waals surface area contributed by atoms with Crippen LogP contribution in [0.25, 0.3) is 0 Å². The molecule has 0 heterocycles. The third-order valence-electron chi connectivity index (χ3n) is 3.11. The van der Waals surface area contributed by atoms with E-state index in [1.807, 2.05) is 0 Å². The summed E-state index contributed by atoms with van der Waals surface area (Å²) in [5.41, 5.74) is 6.47. The summed E-state index contributed by atoms with van der Waals surface area (Å²) in [6, 6.07) is 10.4. The lowest BCUT2D eigenvalue weighted by Gasteiger charge is -2.10. The highest BCUT2D eigenvalue weighted by molar-refractivity contribution is 6.44. The summed E-state index contributed by atoms with van der Waals surface area (Å²) in [6.07, 6.45) is 0. The number of anilines is 2. The average molecular weight is 313 g/mol. The Morgan fingerprint density at radius 3 is 2.17 bits per heavy atom. The van der Waals surface area contributed by atoms with E-state index in [4.69, 9.17) is 5.73 Å². The van der Waals surface area contributed by atoms with Crippen LogP contribution in [0.3, 0.4) is 0 Å². The highest BCUT2D eigenvalue weighted by atomic mass is 16.3. The molecule has 0 atom stereocenters. The van der Waals surface area contributed by atoms with E-state index in [9.17, 15) is 19.5 Å². The van der Waals surface area contributed by atoms with Crippen LogP contribution in [0.1, 0.15) is 15.9 Å². The molecule has 0 aliphatic heterocycles. The number of hydrogen-bond acceptors (Lipinski definition) is 4. The van der Waals surface area contributed by atoms with Gasteiger partial charge >= 0.3 is 11.8 Å². The molecular weight excluding hydrogens is 298 g/mol. The summed E-state index contributed by atoms with van der Waals surface area (Å²) in [6.45, 7) is 1.68. The molecule has 5 N–H and O–H groups in total. The van der Waals surface area contributed by atoms with Gasteiger partial charge in [-0.3, -0.25) is 14.4 Å². The van der Waals surface area contributed by atoms with Crippen molar-refractivity contribution in [2.24, 2.45) is 5.73 Å². The third kappa shape index (κ3) is 3.85. The fourth-order valence-corrected chi connectivity index (χ4v) is 1.95. The molecule has 0 aliphatic carbocycles. The van der Waals surface area contributed by atoms with E-state index in [0.29, 0.717) is 11.3 Å². The molecule has 23 heavy (non-hydrogen) atoms.